The normalized spacial score (nSPS) is 23.3. The van der Waals surface area contributed by atoms with Crippen LogP contribution < -0.4 is 5.32 Å². The molecule has 0 bridgehead atoms. The smallest absolute Gasteiger partial charge is 0.306 e. The van der Waals surface area contributed by atoms with Crippen LogP contribution in [0.15, 0.2) is 15.9 Å². The van der Waals surface area contributed by atoms with E-state index in [1.54, 1.807) is 11.3 Å². The Bertz CT molecular complexity index is 380. The first-order valence-corrected chi connectivity index (χ1v) is 6.95. The Balaban J connectivity index is 1.58. The van der Waals surface area contributed by atoms with E-state index in [0.717, 1.165) is 29.7 Å². The molecule has 88 valence electrons. The van der Waals surface area contributed by atoms with Gasteiger partial charge in [-0.25, -0.2) is 0 Å². The third-order valence-corrected chi connectivity index (χ3v) is 4.51. The fourth-order valence-corrected chi connectivity index (χ4v) is 3.24. The van der Waals surface area contributed by atoms with Gasteiger partial charge in [0.25, 0.3) is 0 Å². The SMILES string of the molecule is O=C(O)C1CC1CNCCc1ccc(Br)s1. The van der Waals surface area contributed by atoms with Crippen molar-refractivity contribution in [2.24, 2.45) is 11.8 Å². The van der Waals surface area contributed by atoms with E-state index >= 15 is 0 Å². The summed E-state index contributed by atoms with van der Waals surface area (Å²) in [4.78, 5) is 11.9. The Morgan fingerprint density at radius 1 is 1.62 bits per heavy atom. The lowest BCUT2D eigenvalue weighted by Crippen LogP contribution is -2.21. The maximum absolute atomic E-state index is 10.6. The van der Waals surface area contributed by atoms with E-state index < -0.39 is 5.97 Å². The van der Waals surface area contributed by atoms with Crippen molar-refractivity contribution in [1.82, 2.24) is 5.32 Å². The molecule has 1 aliphatic carbocycles. The summed E-state index contributed by atoms with van der Waals surface area (Å²) >= 11 is 5.18. The summed E-state index contributed by atoms with van der Waals surface area (Å²) in [7, 11) is 0. The molecule has 1 aliphatic rings. The summed E-state index contributed by atoms with van der Waals surface area (Å²) in [6, 6.07) is 4.18. The lowest BCUT2D eigenvalue weighted by molar-refractivity contribution is -0.138. The molecule has 2 atom stereocenters. The minimum Gasteiger partial charge on any atom is -0.481 e. The summed E-state index contributed by atoms with van der Waals surface area (Å²) in [5.41, 5.74) is 0. The van der Waals surface area contributed by atoms with Crippen molar-refractivity contribution < 1.29 is 9.90 Å². The minimum absolute atomic E-state index is 0.0941. The summed E-state index contributed by atoms with van der Waals surface area (Å²) in [6.45, 7) is 1.76. The molecule has 1 aromatic heterocycles. The van der Waals surface area contributed by atoms with E-state index in [0.29, 0.717) is 5.92 Å². The van der Waals surface area contributed by atoms with Crippen molar-refractivity contribution >= 4 is 33.2 Å². The van der Waals surface area contributed by atoms with Gasteiger partial charge in [0.15, 0.2) is 0 Å². The van der Waals surface area contributed by atoms with Gasteiger partial charge in [-0.1, -0.05) is 0 Å². The standard InChI is InChI=1S/C11H14BrNO2S/c12-10-2-1-8(16-10)3-4-13-6-7-5-9(7)11(14)15/h1-2,7,9,13H,3-6H2,(H,14,15). The second kappa shape index (κ2) is 5.29. The Labute approximate surface area is 107 Å². The van der Waals surface area contributed by atoms with Gasteiger partial charge in [-0.3, -0.25) is 4.79 Å². The number of nitrogens with one attached hydrogen (secondary N) is 1. The molecule has 0 saturated heterocycles. The third kappa shape index (κ3) is 3.30. The molecule has 2 N–H and O–H groups in total. The van der Waals surface area contributed by atoms with Crippen molar-refractivity contribution in [1.29, 1.82) is 0 Å². The van der Waals surface area contributed by atoms with Crippen LogP contribution in [-0.4, -0.2) is 24.2 Å². The molecule has 0 aliphatic heterocycles. The van der Waals surface area contributed by atoms with E-state index in [2.05, 4.69) is 33.4 Å². The van der Waals surface area contributed by atoms with Gasteiger partial charge in [-0.2, -0.15) is 0 Å². The molecule has 0 radical (unpaired) electrons. The monoisotopic (exact) mass is 303 g/mol. The van der Waals surface area contributed by atoms with Crippen LogP contribution in [-0.2, 0) is 11.2 Å². The van der Waals surface area contributed by atoms with E-state index in [1.165, 1.54) is 4.88 Å². The Kier molecular flexibility index (Phi) is 4.00. The first kappa shape index (κ1) is 12.1. The number of hydrogen-bond acceptors (Lipinski definition) is 3. The van der Waals surface area contributed by atoms with Crippen molar-refractivity contribution in [3.8, 4) is 0 Å². The van der Waals surface area contributed by atoms with Gasteiger partial charge in [0.05, 0.1) is 9.70 Å². The Hall–Kier alpha value is -0.390. The Morgan fingerprint density at radius 3 is 3.00 bits per heavy atom. The first-order valence-electron chi connectivity index (χ1n) is 5.34. The van der Waals surface area contributed by atoms with Crippen LogP contribution in [0, 0.1) is 11.8 Å². The number of thiophene rings is 1. The molecule has 16 heavy (non-hydrogen) atoms. The van der Waals surface area contributed by atoms with Gasteiger partial charge in [0, 0.05) is 4.88 Å². The van der Waals surface area contributed by atoms with Gasteiger partial charge < -0.3 is 10.4 Å². The molecule has 1 fully saturated rings. The molecule has 2 rings (SSSR count). The average Bonchev–Trinajstić information content (AvgIpc) is 2.90. The number of carbonyl (C=O) groups is 1. The van der Waals surface area contributed by atoms with E-state index in [-0.39, 0.29) is 5.92 Å². The topological polar surface area (TPSA) is 49.3 Å². The fourth-order valence-electron chi connectivity index (χ4n) is 1.76. The molecule has 1 aromatic rings. The largest absolute Gasteiger partial charge is 0.481 e. The van der Waals surface area contributed by atoms with Gasteiger partial charge in [0.1, 0.15) is 0 Å². The average molecular weight is 304 g/mol. The van der Waals surface area contributed by atoms with Gasteiger partial charge in [-0.15, -0.1) is 11.3 Å². The lowest BCUT2D eigenvalue weighted by Gasteiger charge is -2.01. The highest BCUT2D eigenvalue weighted by Gasteiger charge is 2.42. The van der Waals surface area contributed by atoms with E-state index in [1.807, 2.05) is 0 Å². The van der Waals surface area contributed by atoms with Crippen LogP contribution in [0.4, 0.5) is 0 Å². The quantitative estimate of drug-likeness (QED) is 0.793. The zero-order valence-electron chi connectivity index (χ0n) is 8.78. The number of aliphatic carboxylic acids is 1. The zero-order valence-corrected chi connectivity index (χ0v) is 11.2. The van der Waals surface area contributed by atoms with Crippen LogP contribution >= 0.6 is 27.3 Å². The van der Waals surface area contributed by atoms with Crippen LogP contribution in [0.25, 0.3) is 0 Å². The second-order valence-electron chi connectivity index (χ2n) is 4.10. The second-order valence-corrected chi connectivity index (χ2v) is 6.65. The number of rotatable bonds is 6. The van der Waals surface area contributed by atoms with Crippen LogP contribution in [0.1, 0.15) is 11.3 Å². The summed E-state index contributed by atoms with van der Waals surface area (Å²) in [5, 5.41) is 12.0. The molecular formula is C11H14BrNO2S. The van der Waals surface area contributed by atoms with E-state index in [9.17, 15) is 4.79 Å². The number of carboxylic acid groups (broad SMARTS) is 1. The minimum atomic E-state index is -0.644. The van der Waals surface area contributed by atoms with Gasteiger partial charge >= 0.3 is 5.97 Å². The van der Waals surface area contributed by atoms with E-state index in [4.69, 9.17) is 5.11 Å². The molecule has 0 amide bonds. The maximum atomic E-state index is 10.6. The summed E-state index contributed by atoms with van der Waals surface area (Å²) in [6.07, 6.45) is 1.85. The fraction of sp³-hybridized carbons (Fsp3) is 0.545. The predicted molar refractivity (Wildman–Crippen MR) is 67.8 cm³/mol. The molecular weight excluding hydrogens is 290 g/mol. The molecule has 0 spiro atoms. The highest BCUT2D eigenvalue weighted by atomic mass is 79.9. The molecule has 1 saturated carbocycles. The molecule has 3 nitrogen and oxygen atoms in total. The highest BCUT2D eigenvalue weighted by molar-refractivity contribution is 9.11. The lowest BCUT2D eigenvalue weighted by atomic mass is 10.3. The van der Waals surface area contributed by atoms with Crippen LogP contribution in [0.5, 0.6) is 0 Å². The van der Waals surface area contributed by atoms with Crippen molar-refractivity contribution in [2.75, 3.05) is 13.1 Å². The summed E-state index contributed by atoms with van der Waals surface area (Å²) in [5.74, 6) is -0.384. The van der Waals surface area contributed by atoms with Crippen LogP contribution in [0.2, 0.25) is 0 Å². The third-order valence-electron chi connectivity index (χ3n) is 2.82. The molecule has 5 heteroatoms. The Morgan fingerprint density at radius 2 is 2.44 bits per heavy atom. The molecule has 2 unspecified atom stereocenters. The number of halogens is 1. The molecule has 0 aromatic carbocycles. The van der Waals surface area contributed by atoms with Gasteiger partial charge in [0.2, 0.25) is 0 Å². The molecule has 1 heterocycles. The predicted octanol–water partition coefficient (Wildman–Crippen LogP) is 2.36. The van der Waals surface area contributed by atoms with Crippen molar-refractivity contribution in [3.05, 3.63) is 20.8 Å². The first-order chi connectivity index (χ1) is 7.66. The zero-order chi connectivity index (χ0) is 11.5. The summed E-state index contributed by atoms with van der Waals surface area (Å²) < 4.78 is 1.16. The maximum Gasteiger partial charge on any atom is 0.306 e. The van der Waals surface area contributed by atoms with Crippen molar-refractivity contribution in [2.45, 2.75) is 12.8 Å². The highest BCUT2D eigenvalue weighted by Crippen LogP contribution is 2.37. The number of carboxylic acids is 1. The van der Waals surface area contributed by atoms with Crippen molar-refractivity contribution in [3.63, 3.8) is 0 Å². The van der Waals surface area contributed by atoms with Gasteiger partial charge in [-0.05, 0) is 59.9 Å². The number of hydrogen-bond donors (Lipinski definition) is 2. The van der Waals surface area contributed by atoms with Crippen LogP contribution in [0.3, 0.4) is 0 Å².